The number of benzene rings is 3. The first-order valence-corrected chi connectivity index (χ1v) is 14.1. The number of amides is 1. The average molecular weight is 573 g/mol. The molecule has 2 N–H and O–H groups in total. The fourth-order valence-corrected chi connectivity index (χ4v) is 5.31. The SMILES string of the molecule is COc1ccc(Cn2c(CCc3ccccc3)nnc2[C@H](NC(=O)c2ccncc2)c2c[nH]c3ccccc23)c(OC)c1. The van der Waals surface area contributed by atoms with Gasteiger partial charge in [0.25, 0.3) is 5.91 Å². The molecule has 216 valence electrons. The molecular formula is C34H32N6O3. The van der Waals surface area contributed by atoms with Gasteiger partial charge in [-0.1, -0.05) is 48.5 Å². The first-order valence-electron chi connectivity index (χ1n) is 14.1. The molecule has 0 radical (unpaired) electrons. The maximum Gasteiger partial charge on any atom is 0.252 e. The number of hydrogen-bond acceptors (Lipinski definition) is 6. The molecule has 0 bridgehead atoms. The van der Waals surface area contributed by atoms with Crippen molar-refractivity contribution >= 4 is 16.8 Å². The molecule has 0 fully saturated rings. The summed E-state index contributed by atoms with van der Waals surface area (Å²) in [7, 11) is 3.27. The van der Waals surface area contributed by atoms with Gasteiger partial charge in [0.1, 0.15) is 23.4 Å². The Morgan fingerprint density at radius 2 is 1.70 bits per heavy atom. The molecule has 6 aromatic rings. The molecule has 9 nitrogen and oxygen atoms in total. The van der Waals surface area contributed by atoms with Crippen molar-refractivity contribution in [2.24, 2.45) is 0 Å². The van der Waals surface area contributed by atoms with Crippen molar-refractivity contribution in [3.05, 3.63) is 137 Å². The number of nitrogens with zero attached hydrogens (tertiary/aromatic N) is 4. The van der Waals surface area contributed by atoms with Gasteiger partial charge in [0.2, 0.25) is 0 Å². The van der Waals surface area contributed by atoms with Gasteiger partial charge in [-0.3, -0.25) is 9.78 Å². The fraction of sp³-hybridized carbons (Fsp3) is 0.176. The molecule has 0 aliphatic heterocycles. The molecule has 0 saturated carbocycles. The van der Waals surface area contributed by atoms with Crippen molar-refractivity contribution in [2.75, 3.05) is 14.2 Å². The third-order valence-corrected chi connectivity index (χ3v) is 7.57. The Morgan fingerprint density at radius 3 is 2.49 bits per heavy atom. The Morgan fingerprint density at radius 1 is 0.907 bits per heavy atom. The van der Waals surface area contributed by atoms with Crippen molar-refractivity contribution in [1.82, 2.24) is 30.0 Å². The number of methoxy groups -OCH3 is 2. The molecule has 1 atom stereocenters. The summed E-state index contributed by atoms with van der Waals surface area (Å²) in [6.45, 7) is 0.434. The van der Waals surface area contributed by atoms with Crippen LogP contribution in [0.15, 0.2) is 104 Å². The summed E-state index contributed by atoms with van der Waals surface area (Å²) < 4.78 is 13.3. The van der Waals surface area contributed by atoms with Crippen molar-refractivity contribution in [1.29, 1.82) is 0 Å². The largest absolute Gasteiger partial charge is 0.497 e. The van der Waals surface area contributed by atoms with Gasteiger partial charge >= 0.3 is 0 Å². The zero-order valence-electron chi connectivity index (χ0n) is 24.0. The van der Waals surface area contributed by atoms with E-state index in [-0.39, 0.29) is 5.91 Å². The molecule has 0 saturated heterocycles. The number of carbonyl (C=O) groups is 1. The molecule has 0 aliphatic rings. The van der Waals surface area contributed by atoms with E-state index in [2.05, 4.69) is 37.1 Å². The van der Waals surface area contributed by atoms with Crippen LogP contribution in [0.3, 0.4) is 0 Å². The van der Waals surface area contributed by atoms with Gasteiger partial charge in [-0.2, -0.15) is 0 Å². The van der Waals surface area contributed by atoms with Gasteiger partial charge in [0.05, 0.1) is 20.8 Å². The van der Waals surface area contributed by atoms with E-state index >= 15 is 0 Å². The van der Waals surface area contributed by atoms with E-state index in [0.717, 1.165) is 34.3 Å². The number of aromatic nitrogens is 5. The molecule has 9 heteroatoms. The van der Waals surface area contributed by atoms with E-state index < -0.39 is 6.04 Å². The van der Waals surface area contributed by atoms with Gasteiger partial charge in [-0.15, -0.1) is 10.2 Å². The number of nitrogens with one attached hydrogen (secondary N) is 2. The molecule has 3 aromatic heterocycles. The maximum absolute atomic E-state index is 13.6. The zero-order valence-corrected chi connectivity index (χ0v) is 24.0. The first-order chi connectivity index (χ1) is 21.1. The lowest BCUT2D eigenvalue weighted by atomic mass is 10.0. The Kier molecular flexibility index (Phi) is 8.13. The summed E-state index contributed by atoms with van der Waals surface area (Å²) in [5.74, 6) is 2.58. The van der Waals surface area contributed by atoms with Crippen LogP contribution in [0.4, 0.5) is 0 Å². The van der Waals surface area contributed by atoms with Crippen LogP contribution in [-0.2, 0) is 19.4 Å². The van der Waals surface area contributed by atoms with Crippen molar-refractivity contribution in [3.63, 3.8) is 0 Å². The van der Waals surface area contributed by atoms with Crippen LogP contribution in [0.25, 0.3) is 10.9 Å². The van der Waals surface area contributed by atoms with Crippen molar-refractivity contribution in [3.8, 4) is 11.5 Å². The standard InChI is InChI=1S/C34H32N6O3/c1-42-26-14-13-25(30(20-26)43-2)22-40-31(15-12-23-8-4-3-5-9-23)38-39-33(40)32(37-34(41)24-16-18-35-19-17-24)28-21-36-29-11-7-6-10-27(28)29/h3-11,13-14,16-21,32,36H,12,15,22H2,1-2H3,(H,37,41)/t32-/m1/s1. The average Bonchev–Trinajstić information content (AvgIpc) is 3.67. The number of fused-ring (bicyclic) bond motifs is 1. The fourth-order valence-electron chi connectivity index (χ4n) is 5.31. The van der Waals surface area contributed by atoms with Gasteiger partial charge in [0, 0.05) is 58.7 Å². The van der Waals surface area contributed by atoms with E-state index in [0.29, 0.717) is 35.9 Å². The van der Waals surface area contributed by atoms with Gasteiger partial charge < -0.3 is 24.3 Å². The molecule has 43 heavy (non-hydrogen) atoms. The van der Waals surface area contributed by atoms with Crippen LogP contribution in [-0.4, -0.2) is 44.9 Å². The Bertz CT molecular complexity index is 1830. The molecule has 0 unspecified atom stereocenters. The predicted octanol–water partition coefficient (Wildman–Crippen LogP) is 5.52. The lowest BCUT2D eigenvalue weighted by Crippen LogP contribution is -2.31. The lowest BCUT2D eigenvalue weighted by Gasteiger charge is -2.21. The number of carbonyl (C=O) groups excluding carboxylic acids is 1. The summed E-state index contributed by atoms with van der Waals surface area (Å²) in [6.07, 6.45) is 6.60. The highest BCUT2D eigenvalue weighted by Gasteiger charge is 2.28. The molecule has 0 aliphatic carbocycles. The minimum Gasteiger partial charge on any atom is -0.497 e. The van der Waals surface area contributed by atoms with Crippen LogP contribution in [0, 0.1) is 0 Å². The van der Waals surface area contributed by atoms with Crippen molar-refractivity contribution < 1.29 is 14.3 Å². The molecule has 1 amide bonds. The number of ether oxygens (including phenoxy) is 2. The number of hydrogen-bond donors (Lipinski definition) is 2. The van der Waals surface area contributed by atoms with E-state index in [4.69, 9.17) is 14.6 Å². The molecule has 3 aromatic carbocycles. The summed E-state index contributed by atoms with van der Waals surface area (Å²) in [5.41, 5.74) is 4.51. The molecule has 0 spiro atoms. The smallest absolute Gasteiger partial charge is 0.252 e. The van der Waals surface area contributed by atoms with E-state index in [1.807, 2.05) is 66.9 Å². The van der Waals surface area contributed by atoms with E-state index in [1.54, 1.807) is 38.7 Å². The van der Waals surface area contributed by atoms with Crippen molar-refractivity contribution in [2.45, 2.75) is 25.4 Å². The Hall–Kier alpha value is -5.44. The highest BCUT2D eigenvalue weighted by Crippen LogP contribution is 2.31. The number of aryl methyl sites for hydroxylation is 2. The topological polar surface area (TPSA) is 107 Å². The minimum absolute atomic E-state index is 0.236. The van der Waals surface area contributed by atoms with E-state index in [9.17, 15) is 4.79 Å². The van der Waals surface area contributed by atoms with Gasteiger partial charge in [0.15, 0.2) is 5.82 Å². The van der Waals surface area contributed by atoms with E-state index in [1.165, 1.54) is 5.56 Å². The highest BCUT2D eigenvalue weighted by atomic mass is 16.5. The summed E-state index contributed by atoms with van der Waals surface area (Å²) in [6, 6.07) is 26.9. The van der Waals surface area contributed by atoms with Gasteiger partial charge in [-0.05, 0) is 42.3 Å². The third-order valence-electron chi connectivity index (χ3n) is 7.57. The third kappa shape index (κ3) is 5.97. The monoisotopic (exact) mass is 572 g/mol. The zero-order chi connectivity index (χ0) is 29.6. The summed E-state index contributed by atoms with van der Waals surface area (Å²) in [5, 5.41) is 13.6. The van der Waals surface area contributed by atoms with Crippen LogP contribution in [0.2, 0.25) is 0 Å². The van der Waals surface area contributed by atoms with Crippen LogP contribution >= 0.6 is 0 Å². The number of aromatic amines is 1. The first kappa shape index (κ1) is 27.7. The molecule has 3 heterocycles. The maximum atomic E-state index is 13.6. The second-order valence-electron chi connectivity index (χ2n) is 10.2. The quantitative estimate of drug-likeness (QED) is 0.212. The predicted molar refractivity (Wildman–Crippen MR) is 164 cm³/mol. The van der Waals surface area contributed by atoms with Gasteiger partial charge in [-0.25, -0.2) is 0 Å². The van der Waals surface area contributed by atoms with Crippen LogP contribution < -0.4 is 14.8 Å². The molecular weight excluding hydrogens is 540 g/mol. The number of H-pyrrole nitrogens is 1. The van der Waals surface area contributed by atoms with Crippen LogP contribution in [0.5, 0.6) is 11.5 Å². The highest BCUT2D eigenvalue weighted by molar-refractivity contribution is 5.95. The lowest BCUT2D eigenvalue weighted by molar-refractivity contribution is 0.0941. The Labute approximate surface area is 249 Å². The Balaban J connectivity index is 1.46. The summed E-state index contributed by atoms with van der Waals surface area (Å²) >= 11 is 0. The normalized spacial score (nSPS) is 11.8. The second kappa shape index (κ2) is 12.6. The minimum atomic E-state index is -0.598. The number of para-hydroxylation sites is 1. The summed E-state index contributed by atoms with van der Waals surface area (Å²) in [4.78, 5) is 21.0. The molecule has 6 rings (SSSR count). The van der Waals surface area contributed by atoms with Crippen LogP contribution in [0.1, 0.15) is 44.7 Å². The number of rotatable bonds is 11. The number of pyridine rings is 1. The second-order valence-corrected chi connectivity index (χ2v) is 10.2.